The molecular weight excluding hydrogens is 412 g/mol. The summed E-state index contributed by atoms with van der Waals surface area (Å²) >= 11 is 1.52. The highest BCUT2D eigenvalue weighted by Gasteiger charge is 2.27. The van der Waals surface area contributed by atoms with Gasteiger partial charge in [-0.25, -0.2) is 9.97 Å². The van der Waals surface area contributed by atoms with E-state index >= 15 is 0 Å². The maximum absolute atomic E-state index is 12.8. The van der Waals surface area contributed by atoms with Crippen molar-refractivity contribution in [3.05, 3.63) is 23.3 Å². The number of thiazole rings is 1. The average molecular weight is 445 g/mol. The molecular formula is C22H32N6O2S. The Morgan fingerprint density at radius 3 is 2.68 bits per heavy atom. The molecule has 0 aliphatic carbocycles. The van der Waals surface area contributed by atoms with Gasteiger partial charge >= 0.3 is 0 Å². The second-order valence-electron chi connectivity index (χ2n) is 8.93. The molecule has 168 valence electrons. The quantitative estimate of drug-likeness (QED) is 0.732. The van der Waals surface area contributed by atoms with Crippen LogP contribution in [0, 0.1) is 17.8 Å². The van der Waals surface area contributed by atoms with Crippen LogP contribution in [0.3, 0.4) is 0 Å². The fourth-order valence-corrected chi connectivity index (χ4v) is 5.44. The summed E-state index contributed by atoms with van der Waals surface area (Å²) in [5, 5.41) is 5.82. The van der Waals surface area contributed by atoms with E-state index in [9.17, 15) is 4.79 Å². The lowest BCUT2D eigenvalue weighted by Gasteiger charge is -2.34. The number of nitrogens with one attached hydrogen (secondary N) is 1. The van der Waals surface area contributed by atoms with Crippen LogP contribution in [0.25, 0.3) is 0 Å². The van der Waals surface area contributed by atoms with Gasteiger partial charge in [-0.3, -0.25) is 9.69 Å². The monoisotopic (exact) mass is 444 g/mol. The zero-order valence-corrected chi connectivity index (χ0v) is 19.4. The summed E-state index contributed by atoms with van der Waals surface area (Å²) in [6, 6.07) is 1.73. The first-order valence-electron chi connectivity index (χ1n) is 11.1. The third kappa shape index (κ3) is 5.71. The second kappa shape index (κ2) is 9.91. The normalized spacial score (nSPS) is 23.0. The van der Waals surface area contributed by atoms with Crippen molar-refractivity contribution in [3.8, 4) is 5.88 Å². The van der Waals surface area contributed by atoms with Crippen molar-refractivity contribution < 1.29 is 9.53 Å². The summed E-state index contributed by atoms with van der Waals surface area (Å²) in [5.41, 5.74) is 1.05. The van der Waals surface area contributed by atoms with Gasteiger partial charge in [0, 0.05) is 56.3 Å². The minimum Gasteiger partial charge on any atom is -0.481 e. The van der Waals surface area contributed by atoms with Crippen molar-refractivity contribution in [3.63, 3.8) is 0 Å². The molecule has 8 nitrogen and oxygen atoms in total. The number of rotatable bonds is 6. The number of ether oxygens (including phenoxy) is 1. The van der Waals surface area contributed by atoms with Gasteiger partial charge in [0.1, 0.15) is 0 Å². The summed E-state index contributed by atoms with van der Waals surface area (Å²) in [5.74, 6) is 2.72. The average Bonchev–Trinajstić information content (AvgIpc) is 3.19. The van der Waals surface area contributed by atoms with E-state index in [-0.39, 0.29) is 11.8 Å². The molecule has 0 bridgehead atoms. The third-order valence-electron chi connectivity index (χ3n) is 6.09. The van der Waals surface area contributed by atoms with Crippen molar-refractivity contribution in [2.45, 2.75) is 39.7 Å². The Morgan fingerprint density at radius 2 is 1.97 bits per heavy atom. The predicted molar refractivity (Wildman–Crippen MR) is 122 cm³/mol. The van der Waals surface area contributed by atoms with E-state index in [4.69, 9.17) is 4.74 Å². The fourth-order valence-electron chi connectivity index (χ4n) is 4.73. The molecule has 2 aliphatic heterocycles. The number of piperidine rings is 2. The summed E-state index contributed by atoms with van der Waals surface area (Å²) in [4.78, 5) is 30.8. The topological polar surface area (TPSA) is 83.5 Å². The molecule has 1 N–H and O–H groups in total. The number of amides is 1. The summed E-state index contributed by atoms with van der Waals surface area (Å²) < 4.78 is 5.18. The molecule has 2 aliphatic rings. The molecule has 2 fully saturated rings. The van der Waals surface area contributed by atoms with Crippen molar-refractivity contribution in [1.82, 2.24) is 19.9 Å². The Hall–Kier alpha value is -2.26. The molecule has 0 saturated carbocycles. The highest BCUT2D eigenvalue weighted by atomic mass is 32.1. The first kappa shape index (κ1) is 22.0. The zero-order valence-electron chi connectivity index (χ0n) is 18.6. The van der Waals surface area contributed by atoms with Crippen molar-refractivity contribution in [1.29, 1.82) is 0 Å². The SMILES string of the molecule is COc1ccnc(N2CCC(C(=O)Nc3nc(CN4C[C@@H](C)C[C@H](C)C4)cs3)CC2)n1. The molecule has 2 saturated heterocycles. The van der Waals surface area contributed by atoms with Gasteiger partial charge in [-0.1, -0.05) is 13.8 Å². The lowest BCUT2D eigenvalue weighted by molar-refractivity contribution is -0.120. The van der Waals surface area contributed by atoms with Gasteiger partial charge in [0.2, 0.25) is 17.7 Å². The molecule has 4 rings (SSSR count). The third-order valence-corrected chi connectivity index (χ3v) is 6.89. The lowest BCUT2D eigenvalue weighted by atomic mass is 9.92. The number of hydrogen-bond acceptors (Lipinski definition) is 8. The Morgan fingerprint density at radius 1 is 1.23 bits per heavy atom. The van der Waals surface area contributed by atoms with Crippen LogP contribution >= 0.6 is 11.3 Å². The number of anilines is 2. The van der Waals surface area contributed by atoms with Crippen LogP contribution in [0.4, 0.5) is 11.1 Å². The number of likely N-dealkylation sites (tertiary alicyclic amines) is 1. The molecule has 0 spiro atoms. The molecule has 31 heavy (non-hydrogen) atoms. The number of aromatic nitrogens is 3. The standard InChI is InChI=1S/C22H32N6O2S/c1-15-10-16(2)12-27(11-15)13-18-14-31-22(24-18)26-20(29)17-5-8-28(9-6-17)21-23-7-4-19(25-21)30-3/h4,7,14-17H,5-6,8-13H2,1-3H3,(H,24,26,29)/t15-,16-/m0/s1. The Balaban J connectivity index is 1.26. The largest absolute Gasteiger partial charge is 0.481 e. The van der Waals surface area contributed by atoms with Crippen LogP contribution < -0.4 is 15.0 Å². The molecule has 2 aromatic rings. The Labute approximate surface area is 188 Å². The van der Waals surface area contributed by atoms with Crippen LogP contribution in [0.2, 0.25) is 0 Å². The summed E-state index contributed by atoms with van der Waals surface area (Å²) in [7, 11) is 1.60. The van der Waals surface area contributed by atoms with E-state index in [0.29, 0.717) is 17.0 Å². The van der Waals surface area contributed by atoms with Crippen LogP contribution in [-0.4, -0.2) is 59.0 Å². The number of carbonyl (C=O) groups is 1. The Bertz CT molecular complexity index is 872. The van der Waals surface area contributed by atoms with Gasteiger partial charge in [0.15, 0.2) is 5.13 Å². The van der Waals surface area contributed by atoms with Crippen molar-refractivity contribution >= 4 is 28.3 Å². The van der Waals surface area contributed by atoms with Crippen LogP contribution in [0.5, 0.6) is 5.88 Å². The number of methoxy groups -OCH3 is 1. The maximum Gasteiger partial charge on any atom is 0.229 e. The van der Waals surface area contributed by atoms with E-state index in [1.165, 1.54) is 17.8 Å². The predicted octanol–water partition coefficient (Wildman–Crippen LogP) is 3.27. The first-order valence-corrected chi connectivity index (χ1v) is 12.0. The van der Waals surface area contributed by atoms with Gasteiger partial charge in [-0.05, 0) is 31.1 Å². The molecule has 2 aromatic heterocycles. The fraction of sp³-hybridized carbons (Fsp3) is 0.636. The van der Waals surface area contributed by atoms with Gasteiger partial charge < -0.3 is 15.0 Å². The minimum absolute atomic E-state index is 0.0157. The van der Waals surface area contributed by atoms with Crippen molar-refractivity contribution in [2.75, 3.05) is 43.5 Å². The van der Waals surface area contributed by atoms with Gasteiger partial charge in [0.05, 0.1) is 12.8 Å². The lowest BCUT2D eigenvalue weighted by Crippen LogP contribution is -2.39. The summed E-state index contributed by atoms with van der Waals surface area (Å²) in [6.45, 7) is 9.25. The van der Waals surface area contributed by atoms with Crippen molar-refractivity contribution in [2.24, 2.45) is 17.8 Å². The number of carbonyl (C=O) groups excluding carboxylic acids is 1. The summed E-state index contributed by atoms with van der Waals surface area (Å²) in [6.07, 6.45) is 4.55. The number of nitrogens with zero attached hydrogens (tertiary/aromatic N) is 5. The second-order valence-corrected chi connectivity index (χ2v) is 9.79. The van der Waals surface area contributed by atoms with Crippen LogP contribution in [0.1, 0.15) is 38.8 Å². The van der Waals surface area contributed by atoms with E-state index < -0.39 is 0 Å². The van der Waals surface area contributed by atoms with E-state index in [1.54, 1.807) is 19.4 Å². The number of hydrogen-bond donors (Lipinski definition) is 1. The van der Waals surface area contributed by atoms with E-state index in [2.05, 4.69) is 49.3 Å². The molecule has 0 unspecified atom stereocenters. The first-order chi connectivity index (χ1) is 15.0. The van der Waals surface area contributed by atoms with Gasteiger partial charge in [0.25, 0.3) is 0 Å². The van der Waals surface area contributed by atoms with Gasteiger partial charge in [-0.2, -0.15) is 4.98 Å². The van der Waals surface area contributed by atoms with E-state index in [1.807, 2.05) is 0 Å². The molecule has 0 radical (unpaired) electrons. The van der Waals surface area contributed by atoms with Crippen LogP contribution in [0.15, 0.2) is 17.6 Å². The molecule has 1 amide bonds. The Kier molecular flexibility index (Phi) is 7.02. The van der Waals surface area contributed by atoms with Crippen LogP contribution in [-0.2, 0) is 11.3 Å². The zero-order chi connectivity index (χ0) is 21.8. The molecule has 4 heterocycles. The maximum atomic E-state index is 12.8. The molecule has 0 aromatic carbocycles. The van der Waals surface area contributed by atoms with Gasteiger partial charge in [-0.15, -0.1) is 11.3 Å². The highest BCUT2D eigenvalue weighted by Crippen LogP contribution is 2.26. The smallest absolute Gasteiger partial charge is 0.229 e. The van der Waals surface area contributed by atoms with E-state index in [0.717, 1.165) is 63.1 Å². The highest BCUT2D eigenvalue weighted by molar-refractivity contribution is 7.13. The molecule has 2 atom stereocenters. The molecule has 9 heteroatoms. The minimum atomic E-state index is -0.0157.